The number of nitrogens with one attached hydrogen (secondary N) is 1. The van der Waals surface area contributed by atoms with Gasteiger partial charge in [0.15, 0.2) is 0 Å². The Balaban J connectivity index is 1.98. The Hall–Kier alpha value is -0.580. The summed E-state index contributed by atoms with van der Waals surface area (Å²) in [4.78, 5) is 2.90. The fourth-order valence-corrected chi connectivity index (χ4v) is 4.32. The van der Waals surface area contributed by atoms with Crippen molar-refractivity contribution in [3.8, 4) is 0 Å². The van der Waals surface area contributed by atoms with Crippen molar-refractivity contribution in [1.29, 1.82) is 0 Å². The molecule has 1 atom stereocenters. The van der Waals surface area contributed by atoms with Gasteiger partial charge in [-0.05, 0) is 19.2 Å². The van der Waals surface area contributed by atoms with E-state index in [0.29, 0.717) is 18.0 Å². The van der Waals surface area contributed by atoms with Crippen LogP contribution < -0.4 is 10.5 Å². The van der Waals surface area contributed by atoms with Gasteiger partial charge in [0.05, 0.1) is 17.6 Å². The average Bonchev–Trinajstić information content (AvgIpc) is 2.87. The molecular formula is C11H17N3O3S3. The minimum Gasteiger partial charge on any atom is -0.389 e. The first-order valence-corrected chi connectivity index (χ1v) is 8.79. The number of likely N-dealkylation sites (N-methyl/N-ethyl adjacent to an activating group) is 1. The summed E-state index contributed by atoms with van der Waals surface area (Å²) >= 11 is 5.89. The topological polar surface area (TPSA) is 84.7 Å². The summed E-state index contributed by atoms with van der Waals surface area (Å²) < 4.78 is 32.6. The predicted octanol–water partition coefficient (Wildman–Crippen LogP) is -0.00880. The van der Waals surface area contributed by atoms with Gasteiger partial charge in [-0.15, -0.1) is 11.3 Å². The number of nitrogens with zero attached hydrogens (tertiary/aromatic N) is 1. The molecule has 1 saturated heterocycles. The summed E-state index contributed by atoms with van der Waals surface area (Å²) in [5, 5.41) is 0. The highest BCUT2D eigenvalue weighted by molar-refractivity contribution is 7.91. The van der Waals surface area contributed by atoms with Crippen molar-refractivity contribution in [2.45, 2.75) is 10.3 Å². The number of thiocarbonyl (C=S) groups is 1. The highest BCUT2D eigenvalue weighted by Gasteiger charge is 2.22. The molecule has 6 nitrogen and oxygen atoms in total. The molecule has 1 fully saturated rings. The van der Waals surface area contributed by atoms with E-state index in [1.54, 1.807) is 6.07 Å². The standard InChI is InChI=1S/C11H17N3O3S3/c1-14-4-5-17-8(7-14)6-13-20(15,16)10-3-2-9(19-10)11(12)18/h2-3,8,13H,4-7H2,1H3,(H2,12,18). The van der Waals surface area contributed by atoms with Crippen molar-refractivity contribution in [3.05, 3.63) is 17.0 Å². The predicted molar refractivity (Wildman–Crippen MR) is 82.6 cm³/mol. The normalized spacial score (nSPS) is 20.9. The highest BCUT2D eigenvalue weighted by Crippen LogP contribution is 2.21. The molecular weight excluding hydrogens is 318 g/mol. The first-order valence-electron chi connectivity index (χ1n) is 6.08. The van der Waals surface area contributed by atoms with Gasteiger partial charge in [-0.25, -0.2) is 13.1 Å². The zero-order valence-electron chi connectivity index (χ0n) is 11.0. The third kappa shape index (κ3) is 3.96. The van der Waals surface area contributed by atoms with Gasteiger partial charge >= 0.3 is 0 Å². The number of ether oxygens (including phenoxy) is 1. The van der Waals surface area contributed by atoms with Crippen LogP contribution in [0.25, 0.3) is 0 Å². The van der Waals surface area contributed by atoms with Crippen LogP contribution >= 0.6 is 23.6 Å². The number of morpholine rings is 1. The molecule has 1 aliphatic heterocycles. The zero-order valence-corrected chi connectivity index (χ0v) is 13.5. The Morgan fingerprint density at radius 3 is 3.00 bits per heavy atom. The lowest BCUT2D eigenvalue weighted by atomic mass is 10.3. The Bertz CT molecular complexity index is 585. The molecule has 9 heteroatoms. The monoisotopic (exact) mass is 335 g/mol. The van der Waals surface area contributed by atoms with Crippen LogP contribution in [0.2, 0.25) is 0 Å². The van der Waals surface area contributed by atoms with Crippen LogP contribution in [0.1, 0.15) is 4.88 Å². The van der Waals surface area contributed by atoms with E-state index in [9.17, 15) is 8.42 Å². The number of thiophene rings is 1. The number of sulfonamides is 1. The maximum atomic E-state index is 12.1. The fourth-order valence-electron chi connectivity index (χ4n) is 1.86. The van der Waals surface area contributed by atoms with E-state index >= 15 is 0 Å². The molecule has 0 saturated carbocycles. The summed E-state index contributed by atoms with van der Waals surface area (Å²) in [6.45, 7) is 2.46. The van der Waals surface area contributed by atoms with Gasteiger partial charge < -0.3 is 15.4 Å². The van der Waals surface area contributed by atoms with Gasteiger partial charge in [0.1, 0.15) is 9.20 Å². The lowest BCUT2D eigenvalue weighted by molar-refractivity contribution is -0.0156. The molecule has 0 radical (unpaired) electrons. The van der Waals surface area contributed by atoms with Crippen molar-refractivity contribution < 1.29 is 13.2 Å². The summed E-state index contributed by atoms with van der Waals surface area (Å²) in [5.41, 5.74) is 5.48. The van der Waals surface area contributed by atoms with Crippen molar-refractivity contribution in [1.82, 2.24) is 9.62 Å². The molecule has 2 heterocycles. The minimum atomic E-state index is -3.54. The van der Waals surface area contributed by atoms with Gasteiger partial charge in [0, 0.05) is 19.6 Å². The minimum absolute atomic E-state index is 0.126. The van der Waals surface area contributed by atoms with Crippen molar-refractivity contribution in [3.63, 3.8) is 0 Å². The maximum absolute atomic E-state index is 12.1. The molecule has 1 aliphatic rings. The van der Waals surface area contributed by atoms with E-state index in [0.717, 1.165) is 17.9 Å². The highest BCUT2D eigenvalue weighted by atomic mass is 32.2. The molecule has 0 aliphatic carbocycles. The van der Waals surface area contributed by atoms with Crippen LogP contribution in [-0.2, 0) is 14.8 Å². The van der Waals surface area contributed by atoms with Crippen LogP contribution in [-0.4, -0.2) is 57.7 Å². The van der Waals surface area contributed by atoms with E-state index in [1.807, 2.05) is 7.05 Å². The Morgan fingerprint density at radius 1 is 1.65 bits per heavy atom. The number of rotatable bonds is 5. The second-order valence-electron chi connectivity index (χ2n) is 4.59. The van der Waals surface area contributed by atoms with Crippen LogP contribution in [0.15, 0.2) is 16.3 Å². The number of nitrogens with two attached hydrogens (primary N) is 1. The Kier molecular flexibility index (Phi) is 5.10. The third-order valence-corrected chi connectivity index (χ3v) is 6.31. The second kappa shape index (κ2) is 6.46. The second-order valence-corrected chi connectivity index (χ2v) is 8.11. The van der Waals surface area contributed by atoms with Gasteiger partial charge in [-0.2, -0.15) is 0 Å². The molecule has 0 amide bonds. The number of hydrogen-bond acceptors (Lipinski definition) is 6. The molecule has 0 spiro atoms. The molecule has 3 N–H and O–H groups in total. The van der Waals surface area contributed by atoms with E-state index in [4.69, 9.17) is 22.7 Å². The lowest BCUT2D eigenvalue weighted by Gasteiger charge is -2.29. The molecule has 2 rings (SSSR count). The molecule has 1 aromatic rings. The summed E-state index contributed by atoms with van der Waals surface area (Å²) in [6, 6.07) is 3.13. The van der Waals surface area contributed by atoms with Crippen LogP contribution in [0.5, 0.6) is 0 Å². The van der Waals surface area contributed by atoms with Crippen molar-refractivity contribution in [2.24, 2.45) is 5.73 Å². The smallest absolute Gasteiger partial charge is 0.250 e. The van der Waals surface area contributed by atoms with E-state index in [2.05, 4.69) is 9.62 Å². The molecule has 1 aromatic heterocycles. The van der Waals surface area contributed by atoms with Gasteiger partial charge in [-0.3, -0.25) is 0 Å². The Labute approximate surface area is 128 Å². The van der Waals surface area contributed by atoms with Gasteiger partial charge in [0.2, 0.25) is 10.0 Å². The molecule has 20 heavy (non-hydrogen) atoms. The van der Waals surface area contributed by atoms with E-state index < -0.39 is 10.0 Å². The molecule has 0 bridgehead atoms. The summed E-state index contributed by atoms with van der Waals surface area (Å²) in [6.07, 6.45) is -0.126. The third-order valence-electron chi connectivity index (χ3n) is 2.93. The van der Waals surface area contributed by atoms with Crippen LogP contribution in [0.4, 0.5) is 0 Å². The molecule has 112 valence electrons. The lowest BCUT2D eigenvalue weighted by Crippen LogP contribution is -2.45. The fraction of sp³-hybridized carbons (Fsp3) is 0.545. The first-order chi connectivity index (χ1) is 9.38. The summed E-state index contributed by atoms with van der Waals surface area (Å²) in [7, 11) is -1.55. The van der Waals surface area contributed by atoms with Crippen LogP contribution in [0.3, 0.4) is 0 Å². The maximum Gasteiger partial charge on any atom is 0.250 e. The molecule has 1 unspecified atom stereocenters. The summed E-state index contributed by atoms with van der Waals surface area (Å²) in [5.74, 6) is 0. The Morgan fingerprint density at radius 2 is 2.40 bits per heavy atom. The quantitative estimate of drug-likeness (QED) is 0.737. The first kappa shape index (κ1) is 15.8. The largest absolute Gasteiger partial charge is 0.389 e. The average molecular weight is 335 g/mol. The van der Waals surface area contributed by atoms with Gasteiger partial charge in [0.25, 0.3) is 0 Å². The SMILES string of the molecule is CN1CCOC(CNS(=O)(=O)c2ccc(C(N)=S)s2)C1. The zero-order chi connectivity index (χ0) is 14.8. The van der Waals surface area contributed by atoms with Crippen molar-refractivity contribution >= 4 is 38.6 Å². The molecule has 0 aromatic carbocycles. The van der Waals surface area contributed by atoms with E-state index in [1.165, 1.54) is 6.07 Å². The van der Waals surface area contributed by atoms with E-state index in [-0.39, 0.29) is 21.8 Å². The van der Waals surface area contributed by atoms with Gasteiger partial charge in [-0.1, -0.05) is 12.2 Å². The van der Waals surface area contributed by atoms with Crippen molar-refractivity contribution in [2.75, 3.05) is 33.3 Å². The van der Waals surface area contributed by atoms with Crippen LogP contribution in [0, 0.1) is 0 Å². The number of hydrogen-bond donors (Lipinski definition) is 2.